The zero-order chi connectivity index (χ0) is 12.3. The van der Waals surface area contributed by atoms with Crippen LogP contribution in [-0.4, -0.2) is 7.05 Å². The van der Waals surface area contributed by atoms with Gasteiger partial charge in [-0.2, -0.15) is 0 Å². The molecule has 0 saturated heterocycles. The highest BCUT2D eigenvalue weighted by molar-refractivity contribution is 5.88. The minimum absolute atomic E-state index is 0.697. The first-order valence-electron chi connectivity index (χ1n) is 6.36. The Bertz CT molecular complexity index is 495. The summed E-state index contributed by atoms with van der Waals surface area (Å²) in [6, 6.07) is 13.2. The van der Waals surface area contributed by atoms with Gasteiger partial charge in [-0.1, -0.05) is 50.2 Å². The molecule has 0 aromatic heterocycles. The van der Waals surface area contributed by atoms with E-state index >= 15 is 0 Å². The third-order valence-corrected chi connectivity index (χ3v) is 3.07. The van der Waals surface area contributed by atoms with Crippen molar-refractivity contribution in [3.05, 3.63) is 47.5 Å². The molecule has 0 atom stereocenters. The Balaban J connectivity index is 2.58. The molecule has 1 nitrogen and oxygen atoms in total. The van der Waals surface area contributed by atoms with Gasteiger partial charge in [-0.15, -0.1) is 0 Å². The summed E-state index contributed by atoms with van der Waals surface area (Å²) in [7, 11) is 2.00. The van der Waals surface area contributed by atoms with Crippen molar-refractivity contribution in [2.24, 2.45) is 5.92 Å². The summed E-state index contributed by atoms with van der Waals surface area (Å²) in [6.45, 7) is 5.49. The van der Waals surface area contributed by atoms with Crippen LogP contribution in [0.5, 0.6) is 0 Å². The molecule has 0 aliphatic heterocycles. The second kappa shape index (κ2) is 5.33. The van der Waals surface area contributed by atoms with E-state index in [1.54, 1.807) is 0 Å². The lowest BCUT2D eigenvalue weighted by Gasteiger charge is -2.13. The molecule has 17 heavy (non-hydrogen) atoms. The number of benzene rings is 2. The highest BCUT2D eigenvalue weighted by Crippen LogP contribution is 2.25. The fourth-order valence-electron chi connectivity index (χ4n) is 2.45. The van der Waals surface area contributed by atoms with Crippen LogP contribution in [-0.2, 0) is 13.0 Å². The molecule has 0 bridgehead atoms. The van der Waals surface area contributed by atoms with E-state index in [9.17, 15) is 0 Å². The molecule has 0 heterocycles. The first-order valence-corrected chi connectivity index (χ1v) is 6.36. The lowest BCUT2D eigenvalue weighted by molar-refractivity contribution is 0.649. The smallest absolute Gasteiger partial charge is 0.0208 e. The molecule has 2 aromatic rings. The van der Waals surface area contributed by atoms with Crippen molar-refractivity contribution < 1.29 is 0 Å². The molecule has 0 spiro atoms. The van der Waals surface area contributed by atoms with Crippen LogP contribution < -0.4 is 5.32 Å². The van der Waals surface area contributed by atoms with Gasteiger partial charge in [0.25, 0.3) is 0 Å². The summed E-state index contributed by atoms with van der Waals surface area (Å²) in [5.74, 6) is 0.697. The molecule has 2 rings (SSSR count). The second-order valence-corrected chi connectivity index (χ2v) is 5.06. The Kier molecular flexibility index (Phi) is 3.80. The lowest BCUT2D eigenvalue weighted by Crippen LogP contribution is -2.06. The quantitative estimate of drug-likeness (QED) is 0.838. The maximum absolute atomic E-state index is 3.26. The highest BCUT2D eigenvalue weighted by Gasteiger charge is 2.07. The van der Waals surface area contributed by atoms with Gasteiger partial charge in [0, 0.05) is 6.54 Å². The number of nitrogens with one attached hydrogen (secondary N) is 1. The van der Waals surface area contributed by atoms with Gasteiger partial charge in [-0.3, -0.25) is 0 Å². The second-order valence-electron chi connectivity index (χ2n) is 5.06. The summed E-state index contributed by atoms with van der Waals surface area (Å²) in [5.41, 5.74) is 2.88. The lowest BCUT2D eigenvalue weighted by atomic mass is 9.94. The van der Waals surface area contributed by atoms with Gasteiger partial charge >= 0.3 is 0 Å². The molecular weight excluding hydrogens is 206 g/mol. The van der Waals surface area contributed by atoms with E-state index in [1.165, 1.54) is 21.9 Å². The Morgan fingerprint density at radius 1 is 1.00 bits per heavy atom. The number of rotatable bonds is 4. The van der Waals surface area contributed by atoms with E-state index in [4.69, 9.17) is 0 Å². The minimum atomic E-state index is 0.697. The van der Waals surface area contributed by atoms with Crippen LogP contribution in [0.15, 0.2) is 36.4 Å². The molecule has 0 aliphatic rings. The van der Waals surface area contributed by atoms with E-state index in [0.29, 0.717) is 5.92 Å². The number of hydrogen-bond acceptors (Lipinski definition) is 1. The maximum atomic E-state index is 3.26. The molecule has 2 aromatic carbocycles. The highest BCUT2D eigenvalue weighted by atomic mass is 14.8. The van der Waals surface area contributed by atoms with Crippen LogP contribution >= 0.6 is 0 Å². The van der Waals surface area contributed by atoms with Gasteiger partial charge in [-0.25, -0.2) is 0 Å². The van der Waals surface area contributed by atoms with Crippen molar-refractivity contribution in [2.75, 3.05) is 7.05 Å². The molecule has 90 valence electrons. The predicted molar refractivity (Wildman–Crippen MR) is 75.3 cm³/mol. The van der Waals surface area contributed by atoms with Crippen molar-refractivity contribution in [3.8, 4) is 0 Å². The topological polar surface area (TPSA) is 12.0 Å². The van der Waals surface area contributed by atoms with E-state index in [2.05, 4.69) is 55.6 Å². The minimum Gasteiger partial charge on any atom is -0.316 e. The molecular formula is C16H21N. The van der Waals surface area contributed by atoms with Crippen LogP contribution in [0.2, 0.25) is 0 Å². The Labute approximate surface area is 104 Å². The van der Waals surface area contributed by atoms with E-state index < -0.39 is 0 Å². The molecule has 0 saturated carbocycles. The van der Waals surface area contributed by atoms with Crippen LogP contribution in [0.3, 0.4) is 0 Å². The fourth-order valence-corrected chi connectivity index (χ4v) is 2.45. The monoisotopic (exact) mass is 227 g/mol. The van der Waals surface area contributed by atoms with Crippen LogP contribution in [0.4, 0.5) is 0 Å². The zero-order valence-corrected chi connectivity index (χ0v) is 11.0. The SMILES string of the molecule is CNCc1cccc2cccc(CC(C)C)c12. The third kappa shape index (κ3) is 2.67. The third-order valence-electron chi connectivity index (χ3n) is 3.07. The summed E-state index contributed by atoms with van der Waals surface area (Å²) >= 11 is 0. The zero-order valence-electron chi connectivity index (χ0n) is 11.0. The van der Waals surface area contributed by atoms with Crippen molar-refractivity contribution >= 4 is 10.8 Å². The Morgan fingerprint density at radius 2 is 1.65 bits per heavy atom. The molecule has 0 fully saturated rings. The Morgan fingerprint density at radius 3 is 2.24 bits per heavy atom. The van der Waals surface area contributed by atoms with Crippen molar-refractivity contribution in [1.82, 2.24) is 5.32 Å². The average molecular weight is 227 g/mol. The molecule has 1 heteroatoms. The van der Waals surface area contributed by atoms with Crippen LogP contribution in [0.25, 0.3) is 10.8 Å². The first-order chi connectivity index (χ1) is 8.22. The Hall–Kier alpha value is -1.34. The first kappa shape index (κ1) is 12.1. The van der Waals surface area contributed by atoms with Crippen LogP contribution in [0.1, 0.15) is 25.0 Å². The predicted octanol–water partition coefficient (Wildman–Crippen LogP) is 3.76. The van der Waals surface area contributed by atoms with E-state index in [-0.39, 0.29) is 0 Å². The van der Waals surface area contributed by atoms with Gasteiger partial charge < -0.3 is 5.32 Å². The average Bonchev–Trinajstić information content (AvgIpc) is 2.29. The molecule has 0 aliphatic carbocycles. The van der Waals surface area contributed by atoms with Gasteiger partial charge in [-0.05, 0) is 41.3 Å². The number of hydrogen-bond donors (Lipinski definition) is 1. The maximum Gasteiger partial charge on any atom is 0.0208 e. The van der Waals surface area contributed by atoms with Crippen molar-refractivity contribution in [2.45, 2.75) is 26.8 Å². The number of fused-ring (bicyclic) bond motifs is 1. The van der Waals surface area contributed by atoms with Gasteiger partial charge in [0.15, 0.2) is 0 Å². The normalized spacial score (nSPS) is 11.3. The van der Waals surface area contributed by atoms with Crippen LogP contribution in [0, 0.1) is 5.92 Å². The van der Waals surface area contributed by atoms with E-state index in [1.807, 2.05) is 7.05 Å². The summed E-state index contributed by atoms with van der Waals surface area (Å²) < 4.78 is 0. The standard InChI is InChI=1S/C16H21N/c1-12(2)10-14-8-4-6-13-7-5-9-15(11-17-3)16(13)14/h4-9,12,17H,10-11H2,1-3H3. The molecule has 1 N–H and O–H groups in total. The fraction of sp³-hybridized carbons (Fsp3) is 0.375. The van der Waals surface area contributed by atoms with Gasteiger partial charge in [0.05, 0.1) is 0 Å². The summed E-state index contributed by atoms with van der Waals surface area (Å²) in [5, 5.41) is 6.06. The molecule has 0 unspecified atom stereocenters. The van der Waals surface area contributed by atoms with E-state index in [0.717, 1.165) is 13.0 Å². The largest absolute Gasteiger partial charge is 0.316 e. The summed E-state index contributed by atoms with van der Waals surface area (Å²) in [4.78, 5) is 0. The van der Waals surface area contributed by atoms with Crippen molar-refractivity contribution in [3.63, 3.8) is 0 Å². The van der Waals surface area contributed by atoms with Gasteiger partial charge in [0.1, 0.15) is 0 Å². The molecule has 0 amide bonds. The van der Waals surface area contributed by atoms with Crippen molar-refractivity contribution in [1.29, 1.82) is 0 Å². The summed E-state index contributed by atoms with van der Waals surface area (Å²) in [6.07, 6.45) is 1.15. The van der Waals surface area contributed by atoms with Gasteiger partial charge in [0.2, 0.25) is 0 Å². The molecule has 0 radical (unpaired) electrons.